The first kappa shape index (κ1) is 13.1. The van der Waals surface area contributed by atoms with Crippen molar-refractivity contribution in [2.45, 2.75) is 51.6 Å². The monoisotopic (exact) mass is 251 g/mol. The summed E-state index contributed by atoms with van der Waals surface area (Å²) in [7, 11) is 0. The third-order valence-corrected chi connectivity index (χ3v) is 3.43. The molecule has 1 aliphatic rings. The molecular weight excluding hydrogens is 230 g/mol. The second-order valence-corrected chi connectivity index (χ2v) is 4.96. The van der Waals surface area contributed by atoms with E-state index in [2.05, 4.69) is 5.16 Å². The molecule has 0 spiro atoms. The van der Waals surface area contributed by atoms with Crippen molar-refractivity contribution in [1.29, 1.82) is 0 Å². The lowest BCUT2D eigenvalue weighted by atomic mass is 10.1. The maximum absolute atomic E-state index is 12.3. The number of hydrogen-bond acceptors (Lipinski definition) is 4. The third kappa shape index (κ3) is 2.56. The standard InChI is InChI=1S/C13H21N3O2/c1-3-5-10(14)13(17)16-7-4-6-11(16)12-8-9(2)15-18-12/h8,10-11H,3-7,14H2,1-2H3/t10-,11?/m1/s1. The van der Waals surface area contributed by atoms with Crippen molar-refractivity contribution in [1.82, 2.24) is 10.1 Å². The van der Waals surface area contributed by atoms with E-state index in [1.54, 1.807) is 0 Å². The number of nitrogens with two attached hydrogens (primary N) is 1. The average Bonchev–Trinajstić information content (AvgIpc) is 2.96. The van der Waals surface area contributed by atoms with Crippen LogP contribution in [-0.4, -0.2) is 28.6 Å². The van der Waals surface area contributed by atoms with Gasteiger partial charge in [-0.1, -0.05) is 18.5 Å². The van der Waals surface area contributed by atoms with Crippen LogP contribution < -0.4 is 5.73 Å². The summed E-state index contributed by atoms with van der Waals surface area (Å²) < 4.78 is 5.28. The van der Waals surface area contributed by atoms with Crippen LogP contribution in [0.1, 0.15) is 50.1 Å². The van der Waals surface area contributed by atoms with Crippen molar-refractivity contribution in [3.05, 3.63) is 17.5 Å². The first-order valence-electron chi connectivity index (χ1n) is 6.62. The van der Waals surface area contributed by atoms with Crippen LogP contribution in [0.15, 0.2) is 10.6 Å². The highest BCUT2D eigenvalue weighted by atomic mass is 16.5. The molecule has 2 atom stereocenters. The molecule has 1 unspecified atom stereocenters. The Morgan fingerprint density at radius 3 is 3.11 bits per heavy atom. The molecule has 1 saturated heterocycles. The number of carbonyl (C=O) groups is 1. The van der Waals surface area contributed by atoms with Crippen LogP contribution in [0.2, 0.25) is 0 Å². The molecule has 1 aromatic rings. The molecule has 1 fully saturated rings. The summed E-state index contributed by atoms with van der Waals surface area (Å²) in [6.07, 6.45) is 3.58. The molecule has 2 heterocycles. The van der Waals surface area contributed by atoms with Gasteiger partial charge in [-0.2, -0.15) is 0 Å². The van der Waals surface area contributed by atoms with Gasteiger partial charge in [0, 0.05) is 12.6 Å². The van der Waals surface area contributed by atoms with Crippen LogP contribution in [-0.2, 0) is 4.79 Å². The number of amides is 1. The minimum Gasteiger partial charge on any atom is -0.359 e. The average molecular weight is 251 g/mol. The zero-order valence-corrected chi connectivity index (χ0v) is 11.1. The topological polar surface area (TPSA) is 72.4 Å². The highest BCUT2D eigenvalue weighted by molar-refractivity contribution is 5.82. The van der Waals surface area contributed by atoms with Gasteiger partial charge >= 0.3 is 0 Å². The van der Waals surface area contributed by atoms with Gasteiger partial charge in [-0.05, 0) is 26.2 Å². The Morgan fingerprint density at radius 2 is 2.50 bits per heavy atom. The normalized spacial score (nSPS) is 21.3. The Labute approximate surface area is 107 Å². The largest absolute Gasteiger partial charge is 0.359 e. The van der Waals surface area contributed by atoms with E-state index in [1.165, 1.54) is 0 Å². The quantitative estimate of drug-likeness (QED) is 0.885. The smallest absolute Gasteiger partial charge is 0.240 e. The fraction of sp³-hybridized carbons (Fsp3) is 0.692. The molecule has 0 bridgehead atoms. The van der Waals surface area contributed by atoms with Crippen molar-refractivity contribution in [2.24, 2.45) is 5.73 Å². The molecule has 1 aliphatic heterocycles. The minimum atomic E-state index is -0.389. The van der Waals surface area contributed by atoms with Crippen LogP contribution in [0.4, 0.5) is 0 Å². The molecular formula is C13H21N3O2. The predicted octanol–water partition coefficient (Wildman–Crippen LogP) is 1.77. The van der Waals surface area contributed by atoms with Crippen LogP contribution in [0.5, 0.6) is 0 Å². The molecule has 0 saturated carbocycles. The minimum absolute atomic E-state index is 0.0154. The molecule has 100 valence electrons. The van der Waals surface area contributed by atoms with Crippen molar-refractivity contribution in [3.8, 4) is 0 Å². The fourth-order valence-electron chi connectivity index (χ4n) is 2.51. The van der Waals surface area contributed by atoms with Gasteiger partial charge in [-0.15, -0.1) is 0 Å². The van der Waals surface area contributed by atoms with Gasteiger partial charge in [0.1, 0.15) is 0 Å². The maximum atomic E-state index is 12.3. The summed E-state index contributed by atoms with van der Waals surface area (Å²) in [6, 6.07) is 1.53. The van der Waals surface area contributed by atoms with Gasteiger partial charge in [0.15, 0.2) is 5.76 Å². The predicted molar refractivity (Wildman–Crippen MR) is 67.8 cm³/mol. The second-order valence-electron chi connectivity index (χ2n) is 4.96. The zero-order chi connectivity index (χ0) is 13.1. The lowest BCUT2D eigenvalue weighted by Gasteiger charge is -2.25. The van der Waals surface area contributed by atoms with Crippen LogP contribution in [0, 0.1) is 6.92 Å². The highest BCUT2D eigenvalue weighted by Crippen LogP contribution is 2.32. The molecule has 2 rings (SSSR count). The van der Waals surface area contributed by atoms with E-state index in [4.69, 9.17) is 10.3 Å². The Kier molecular flexibility index (Phi) is 4.01. The molecule has 0 aliphatic carbocycles. The van der Waals surface area contributed by atoms with Gasteiger partial charge in [-0.3, -0.25) is 4.79 Å². The number of nitrogens with zero attached hydrogens (tertiary/aromatic N) is 2. The SMILES string of the molecule is CCC[C@@H](N)C(=O)N1CCCC1c1cc(C)no1. The van der Waals surface area contributed by atoms with Crippen molar-refractivity contribution < 1.29 is 9.32 Å². The maximum Gasteiger partial charge on any atom is 0.240 e. The molecule has 0 radical (unpaired) electrons. The van der Waals surface area contributed by atoms with Gasteiger partial charge in [0.05, 0.1) is 17.8 Å². The lowest BCUT2D eigenvalue weighted by molar-refractivity contribution is -0.134. The molecule has 18 heavy (non-hydrogen) atoms. The van der Waals surface area contributed by atoms with Crippen molar-refractivity contribution in [3.63, 3.8) is 0 Å². The highest BCUT2D eigenvalue weighted by Gasteiger charge is 2.34. The van der Waals surface area contributed by atoms with Crippen LogP contribution in [0.25, 0.3) is 0 Å². The van der Waals surface area contributed by atoms with Crippen LogP contribution >= 0.6 is 0 Å². The van der Waals surface area contributed by atoms with Gasteiger partial charge < -0.3 is 15.2 Å². The molecule has 1 amide bonds. The zero-order valence-electron chi connectivity index (χ0n) is 11.1. The number of carbonyl (C=O) groups excluding carboxylic acids is 1. The summed E-state index contributed by atoms with van der Waals surface area (Å²) in [4.78, 5) is 14.1. The molecule has 5 nitrogen and oxygen atoms in total. The summed E-state index contributed by atoms with van der Waals surface area (Å²) in [6.45, 7) is 4.69. The lowest BCUT2D eigenvalue weighted by Crippen LogP contribution is -2.43. The fourth-order valence-corrected chi connectivity index (χ4v) is 2.51. The summed E-state index contributed by atoms with van der Waals surface area (Å²) in [5.74, 6) is 0.815. The number of likely N-dealkylation sites (tertiary alicyclic amines) is 1. The number of aromatic nitrogens is 1. The van der Waals surface area contributed by atoms with E-state index < -0.39 is 0 Å². The number of hydrogen-bond donors (Lipinski definition) is 1. The van der Waals surface area contributed by atoms with Crippen LogP contribution in [0.3, 0.4) is 0 Å². The molecule has 5 heteroatoms. The second kappa shape index (κ2) is 5.52. The number of aryl methyl sites for hydroxylation is 1. The summed E-state index contributed by atoms with van der Waals surface area (Å²) in [5.41, 5.74) is 6.76. The molecule has 1 aromatic heterocycles. The van der Waals surface area contributed by atoms with Gasteiger partial charge in [0.25, 0.3) is 0 Å². The Bertz CT molecular complexity index is 416. The number of rotatable bonds is 4. The molecule has 2 N–H and O–H groups in total. The Balaban J connectivity index is 2.10. The first-order chi connectivity index (χ1) is 8.63. The Hall–Kier alpha value is -1.36. The van der Waals surface area contributed by atoms with E-state index >= 15 is 0 Å². The van der Waals surface area contributed by atoms with E-state index in [0.717, 1.165) is 43.7 Å². The van der Waals surface area contributed by atoms with Gasteiger partial charge in [-0.25, -0.2) is 0 Å². The summed E-state index contributed by atoms with van der Waals surface area (Å²) >= 11 is 0. The third-order valence-electron chi connectivity index (χ3n) is 3.43. The van der Waals surface area contributed by atoms with Gasteiger partial charge in [0.2, 0.25) is 5.91 Å². The van der Waals surface area contributed by atoms with E-state index in [0.29, 0.717) is 0 Å². The van der Waals surface area contributed by atoms with Crippen molar-refractivity contribution >= 4 is 5.91 Å². The first-order valence-corrected chi connectivity index (χ1v) is 6.62. The van der Waals surface area contributed by atoms with Crippen molar-refractivity contribution in [2.75, 3.05) is 6.54 Å². The van der Waals surface area contributed by atoms with E-state index in [-0.39, 0.29) is 18.0 Å². The summed E-state index contributed by atoms with van der Waals surface area (Å²) in [5, 5.41) is 3.89. The molecule has 0 aromatic carbocycles. The Morgan fingerprint density at radius 1 is 1.72 bits per heavy atom. The van der Waals surface area contributed by atoms with E-state index in [9.17, 15) is 4.79 Å². The van der Waals surface area contributed by atoms with E-state index in [1.807, 2.05) is 24.8 Å².